The molecular weight excluding hydrogens is 501 g/mol. The zero-order valence-corrected chi connectivity index (χ0v) is 20.1. The second-order valence-electron chi connectivity index (χ2n) is 6.91. The fourth-order valence-electron chi connectivity index (χ4n) is 2.85. The molecule has 0 atom stereocenters. The Morgan fingerprint density at radius 2 is 1.62 bits per heavy atom. The number of ether oxygens (including phenoxy) is 1. The quantitative estimate of drug-likeness (QED) is 0.207. The van der Waals surface area contributed by atoms with Crippen molar-refractivity contribution in [1.29, 1.82) is 0 Å². The van der Waals surface area contributed by atoms with E-state index in [4.69, 9.17) is 27.9 Å². The number of nitrogens with zero attached hydrogens (tertiary/aromatic N) is 2. The molecule has 1 N–H and O–H groups in total. The number of hydrazone groups is 1. The molecule has 0 aromatic heterocycles. The van der Waals surface area contributed by atoms with Crippen LogP contribution in [0.5, 0.6) is 5.75 Å². The normalized spacial score (nSPS) is 11.3. The predicted molar refractivity (Wildman–Crippen MR) is 131 cm³/mol. The molecule has 0 spiro atoms. The molecule has 11 heteroatoms. The van der Waals surface area contributed by atoms with E-state index < -0.39 is 28.4 Å². The Kier molecular flexibility index (Phi) is 8.27. The topological polar surface area (TPSA) is 105 Å². The van der Waals surface area contributed by atoms with Crippen LogP contribution in [0.1, 0.15) is 12.5 Å². The predicted octanol–water partition coefficient (Wildman–Crippen LogP) is 4.26. The molecule has 0 aliphatic rings. The van der Waals surface area contributed by atoms with E-state index in [0.717, 1.165) is 4.31 Å². The molecule has 0 saturated heterocycles. The number of anilines is 1. The van der Waals surface area contributed by atoms with Crippen LogP contribution in [0.15, 0.2) is 82.8 Å². The first-order valence-electron chi connectivity index (χ1n) is 9.79. The Balaban J connectivity index is 1.79. The van der Waals surface area contributed by atoms with Crippen molar-refractivity contribution in [3.63, 3.8) is 0 Å². The average Bonchev–Trinajstić information content (AvgIpc) is 2.78. The number of hydrogen-bond acceptors (Lipinski definition) is 6. The van der Waals surface area contributed by atoms with Crippen molar-refractivity contribution in [2.75, 3.05) is 10.8 Å². The van der Waals surface area contributed by atoms with Crippen molar-refractivity contribution >= 4 is 57.0 Å². The molecule has 3 rings (SSSR count). The number of esters is 1. The maximum Gasteiger partial charge on any atom is 0.308 e. The van der Waals surface area contributed by atoms with Crippen molar-refractivity contribution in [1.82, 2.24) is 5.43 Å². The van der Waals surface area contributed by atoms with Crippen molar-refractivity contribution in [2.45, 2.75) is 11.8 Å². The second-order valence-corrected chi connectivity index (χ2v) is 9.64. The molecule has 0 saturated carbocycles. The van der Waals surface area contributed by atoms with Gasteiger partial charge in [0, 0.05) is 17.0 Å². The number of halogens is 2. The summed E-state index contributed by atoms with van der Waals surface area (Å²) in [4.78, 5) is 23.6. The van der Waals surface area contributed by atoms with Gasteiger partial charge in [-0.15, -0.1) is 0 Å². The highest BCUT2D eigenvalue weighted by atomic mass is 35.5. The summed E-state index contributed by atoms with van der Waals surface area (Å²) < 4.78 is 32.4. The van der Waals surface area contributed by atoms with Gasteiger partial charge in [0.15, 0.2) is 0 Å². The van der Waals surface area contributed by atoms with Gasteiger partial charge in [-0.1, -0.05) is 41.4 Å². The Morgan fingerprint density at radius 1 is 1.00 bits per heavy atom. The van der Waals surface area contributed by atoms with Gasteiger partial charge in [0.05, 0.1) is 16.8 Å². The SMILES string of the molecule is CC(=O)Oc1ccc(/C=N\NC(=O)CN(c2cc(Cl)cc(Cl)c2)S(=O)(=O)c2ccccc2)cc1. The minimum absolute atomic E-state index is 0.00438. The van der Waals surface area contributed by atoms with Crippen LogP contribution in [0.3, 0.4) is 0 Å². The third-order valence-corrected chi connectivity index (χ3v) is 6.52. The van der Waals surface area contributed by atoms with Gasteiger partial charge in [0.1, 0.15) is 12.3 Å². The first kappa shape index (κ1) is 25.2. The summed E-state index contributed by atoms with van der Waals surface area (Å²) in [7, 11) is -4.11. The van der Waals surface area contributed by atoms with Crippen LogP contribution in [0.4, 0.5) is 5.69 Å². The van der Waals surface area contributed by atoms with Crippen LogP contribution >= 0.6 is 23.2 Å². The molecule has 176 valence electrons. The third-order valence-electron chi connectivity index (χ3n) is 4.30. The van der Waals surface area contributed by atoms with Crippen LogP contribution < -0.4 is 14.5 Å². The molecule has 8 nitrogen and oxygen atoms in total. The lowest BCUT2D eigenvalue weighted by atomic mass is 10.2. The van der Waals surface area contributed by atoms with Crippen LogP contribution in [-0.4, -0.2) is 33.1 Å². The van der Waals surface area contributed by atoms with Gasteiger partial charge in [-0.25, -0.2) is 13.8 Å². The van der Waals surface area contributed by atoms with Gasteiger partial charge in [-0.2, -0.15) is 5.10 Å². The third kappa shape index (κ3) is 6.80. The van der Waals surface area contributed by atoms with Crippen LogP contribution in [0, 0.1) is 0 Å². The van der Waals surface area contributed by atoms with Crippen LogP contribution in [0.25, 0.3) is 0 Å². The molecule has 0 heterocycles. The summed E-state index contributed by atoms with van der Waals surface area (Å²) in [5.74, 6) is -0.760. The van der Waals surface area contributed by atoms with Gasteiger partial charge in [-0.3, -0.25) is 13.9 Å². The van der Waals surface area contributed by atoms with Gasteiger partial charge in [0.2, 0.25) is 0 Å². The summed E-state index contributed by atoms with van der Waals surface area (Å²) in [5, 5.41) is 4.29. The highest BCUT2D eigenvalue weighted by Gasteiger charge is 2.27. The largest absolute Gasteiger partial charge is 0.427 e. The number of carbonyl (C=O) groups excluding carboxylic acids is 2. The Morgan fingerprint density at radius 3 is 2.21 bits per heavy atom. The standard InChI is InChI=1S/C23H19Cl2N3O5S/c1-16(29)33-21-9-7-17(8-10-21)14-26-27-23(30)15-28(20-12-18(24)11-19(25)13-20)34(31,32)22-5-3-2-4-6-22/h2-14H,15H2,1H3,(H,27,30)/b26-14-. The lowest BCUT2D eigenvalue weighted by Gasteiger charge is -2.24. The molecule has 0 unspecified atom stereocenters. The van der Waals surface area contributed by atoms with Gasteiger partial charge in [0.25, 0.3) is 15.9 Å². The first-order chi connectivity index (χ1) is 16.1. The number of carbonyl (C=O) groups is 2. The number of benzene rings is 3. The van der Waals surface area contributed by atoms with Crippen LogP contribution in [0.2, 0.25) is 10.0 Å². The zero-order valence-electron chi connectivity index (χ0n) is 17.8. The minimum Gasteiger partial charge on any atom is -0.427 e. The summed E-state index contributed by atoms with van der Waals surface area (Å²) in [6, 6.07) is 18.3. The summed E-state index contributed by atoms with van der Waals surface area (Å²) >= 11 is 12.1. The summed E-state index contributed by atoms with van der Waals surface area (Å²) in [6.07, 6.45) is 1.36. The number of rotatable bonds is 8. The monoisotopic (exact) mass is 519 g/mol. The van der Waals surface area contributed by atoms with Crippen molar-refractivity contribution in [3.8, 4) is 5.75 Å². The Hall–Kier alpha value is -3.40. The van der Waals surface area contributed by atoms with Gasteiger partial charge >= 0.3 is 5.97 Å². The van der Waals surface area contributed by atoms with Gasteiger partial charge < -0.3 is 4.74 Å². The summed E-state index contributed by atoms with van der Waals surface area (Å²) in [6.45, 7) is 0.722. The van der Waals surface area contributed by atoms with E-state index in [-0.39, 0.29) is 20.6 Å². The highest BCUT2D eigenvalue weighted by Crippen LogP contribution is 2.29. The maximum absolute atomic E-state index is 13.3. The fraction of sp³-hybridized carbons (Fsp3) is 0.0870. The molecule has 0 bridgehead atoms. The van der Waals surface area contributed by atoms with E-state index in [1.807, 2.05) is 0 Å². The second kappa shape index (κ2) is 11.1. The van der Waals surface area contributed by atoms with Crippen molar-refractivity contribution in [3.05, 3.63) is 88.4 Å². The smallest absolute Gasteiger partial charge is 0.308 e. The van der Waals surface area contributed by atoms with E-state index in [2.05, 4.69) is 10.5 Å². The average molecular weight is 520 g/mol. The van der Waals surface area contributed by atoms with Crippen molar-refractivity contribution in [2.24, 2.45) is 5.10 Å². The van der Waals surface area contributed by atoms with E-state index in [9.17, 15) is 18.0 Å². The Bertz CT molecular complexity index is 1290. The minimum atomic E-state index is -4.11. The molecule has 0 aliphatic carbocycles. The first-order valence-corrected chi connectivity index (χ1v) is 12.0. The zero-order chi connectivity index (χ0) is 24.7. The number of amides is 1. The number of hydrogen-bond donors (Lipinski definition) is 1. The molecule has 3 aromatic carbocycles. The molecular formula is C23H19Cl2N3O5S. The summed E-state index contributed by atoms with van der Waals surface area (Å²) in [5.41, 5.74) is 3.05. The maximum atomic E-state index is 13.3. The molecule has 0 radical (unpaired) electrons. The van der Waals surface area contributed by atoms with E-state index in [1.54, 1.807) is 42.5 Å². The van der Waals surface area contributed by atoms with E-state index >= 15 is 0 Å². The molecule has 1 amide bonds. The van der Waals surface area contributed by atoms with E-state index in [0.29, 0.717) is 11.3 Å². The lowest BCUT2D eigenvalue weighted by Crippen LogP contribution is -2.39. The van der Waals surface area contributed by atoms with E-state index in [1.165, 1.54) is 43.5 Å². The molecule has 0 aliphatic heterocycles. The molecule has 3 aromatic rings. The number of nitrogens with one attached hydrogen (secondary N) is 1. The molecule has 0 fully saturated rings. The lowest BCUT2D eigenvalue weighted by molar-refractivity contribution is -0.131. The number of sulfonamides is 1. The molecule has 34 heavy (non-hydrogen) atoms. The Labute approximate surface area is 206 Å². The van der Waals surface area contributed by atoms with Gasteiger partial charge in [-0.05, 0) is 60.2 Å². The van der Waals surface area contributed by atoms with Crippen LogP contribution in [-0.2, 0) is 19.6 Å². The highest BCUT2D eigenvalue weighted by molar-refractivity contribution is 7.92. The fourth-order valence-corrected chi connectivity index (χ4v) is 4.79. The van der Waals surface area contributed by atoms with Crippen molar-refractivity contribution < 1.29 is 22.7 Å².